The Morgan fingerprint density at radius 2 is 1.95 bits per heavy atom. The van der Waals surface area contributed by atoms with Crippen molar-refractivity contribution in [3.05, 3.63) is 0 Å². The average Bonchev–Trinajstić information content (AvgIpc) is 2.71. The van der Waals surface area contributed by atoms with E-state index in [1.54, 1.807) is 0 Å². The van der Waals surface area contributed by atoms with E-state index in [0.29, 0.717) is 19.0 Å². The molecule has 0 aromatic rings. The molecular weight excluding hydrogens is 264 g/mol. The first-order valence-corrected chi connectivity index (χ1v) is 9.20. The highest BCUT2D eigenvalue weighted by molar-refractivity contribution is 7.91. The van der Waals surface area contributed by atoms with Gasteiger partial charge in [-0.1, -0.05) is 6.42 Å². The summed E-state index contributed by atoms with van der Waals surface area (Å²) < 4.78 is 29.1. The minimum absolute atomic E-state index is 0.0727. The van der Waals surface area contributed by atoms with Crippen molar-refractivity contribution < 1.29 is 13.2 Å². The molecular formula is C13H26N2O3S. The van der Waals surface area contributed by atoms with Crippen LogP contribution in [0.15, 0.2) is 0 Å². The van der Waals surface area contributed by atoms with Crippen LogP contribution in [0.4, 0.5) is 0 Å². The van der Waals surface area contributed by atoms with Gasteiger partial charge in [0.1, 0.15) is 0 Å². The van der Waals surface area contributed by atoms with Gasteiger partial charge in [-0.25, -0.2) is 8.42 Å². The molecule has 0 radical (unpaired) electrons. The largest absolute Gasteiger partial charge is 0.380 e. The molecule has 0 bridgehead atoms. The molecule has 0 saturated carbocycles. The van der Waals surface area contributed by atoms with Gasteiger partial charge in [-0.2, -0.15) is 0 Å². The first-order valence-electron chi connectivity index (χ1n) is 7.38. The molecule has 0 amide bonds. The van der Waals surface area contributed by atoms with Crippen LogP contribution in [0.3, 0.4) is 0 Å². The van der Waals surface area contributed by atoms with Gasteiger partial charge in [0, 0.05) is 25.2 Å². The van der Waals surface area contributed by atoms with Gasteiger partial charge in [-0.3, -0.25) is 4.90 Å². The molecule has 112 valence electrons. The fraction of sp³-hybridized carbons (Fsp3) is 1.00. The Morgan fingerprint density at radius 1 is 1.21 bits per heavy atom. The number of nitrogens with one attached hydrogen (secondary N) is 1. The lowest BCUT2D eigenvalue weighted by molar-refractivity contribution is 0.131. The molecule has 2 atom stereocenters. The maximum atomic E-state index is 11.9. The van der Waals surface area contributed by atoms with Crippen LogP contribution in [0.2, 0.25) is 0 Å². The molecule has 2 aliphatic rings. The van der Waals surface area contributed by atoms with Crippen molar-refractivity contribution in [3.8, 4) is 0 Å². The van der Waals surface area contributed by atoms with Gasteiger partial charge >= 0.3 is 0 Å². The fourth-order valence-corrected chi connectivity index (χ4v) is 5.08. The van der Waals surface area contributed by atoms with Crippen LogP contribution in [0.1, 0.15) is 26.2 Å². The Kier molecular flexibility index (Phi) is 5.62. The van der Waals surface area contributed by atoms with Gasteiger partial charge in [-0.15, -0.1) is 0 Å². The summed E-state index contributed by atoms with van der Waals surface area (Å²) >= 11 is 0. The Morgan fingerprint density at radius 3 is 2.63 bits per heavy atom. The number of nitrogens with zero attached hydrogens (tertiary/aromatic N) is 1. The maximum absolute atomic E-state index is 11.9. The van der Waals surface area contributed by atoms with Crippen molar-refractivity contribution in [2.45, 2.75) is 38.3 Å². The van der Waals surface area contributed by atoms with E-state index in [2.05, 4.69) is 10.2 Å². The van der Waals surface area contributed by atoms with Gasteiger partial charge in [0.15, 0.2) is 9.84 Å². The number of ether oxygens (including phenoxy) is 1. The second-order valence-corrected chi connectivity index (χ2v) is 7.65. The quantitative estimate of drug-likeness (QED) is 0.711. The Hall–Kier alpha value is -0.170. The molecule has 2 heterocycles. The topological polar surface area (TPSA) is 58.6 Å². The molecule has 2 fully saturated rings. The molecule has 0 aromatic heterocycles. The summed E-state index contributed by atoms with van der Waals surface area (Å²) in [5, 5.41) is 3.37. The zero-order chi connectivity index (χ0) is 13.7. The maximum Gasteiger partial charge on any atom is 0.153 e. The molecule has 0 unspecified atom stereocenters. The molecule has 2 aliphatic heterocycles. The van der Waals surface area contributed by atoms with Gasteiger partial charge < -0.3 is 10.1 Å². The molecule has 2 saturated heterocycles. The third-order valence-corrected chi connectivity index (χ3v) is 5.76. The second-order valence-electron chi connectivity index (χ2n) is 5.50. The highest BCUT2D eigenvalue weighted by Crippen LogP contribution is 2.22. The summed E-state index contributed by atoms with van der Waals surface area (Å²) in [5.41, 5.74) is 0. The van der Waals surface area contributed by atoms with Crippen LogP contribution in [0.25, 0.3) is 0 Å². The van der Waals surface area contributed by atoms with Crippen LogP contribution in [-0.4, -0.2) is 69.8 Å². The molecule has 0 spiro atoms. The lowest BCUT2D eigenvalue weighted by Crippen LogP contribution is -2.51. The number of hydrogen-bond acceptors (Lipinski definition) is 5. The Labute approximate surface area is 116 Å². The third-order valence-electron chi connectivity index (χ3n) is 4.04. The van der Waals surface area contributed by atoms with E-state index in [-0.39, 0.29) is 17.8 Å². The van der Waals surface area contributed by atoms with Gasteiger partial charge in [0.05, 0.1) is 18.1 Å². The summed E-state index contributed by atoms with van der Waals surface area (Å²) in [6, 6.07) is 0.232. The average molecular weight is 290 g/mol. The van der Waals surface area contributed by atoms with Gasteiger partial charge in [-0.05, 0) is 32.9 Å². The van der Waals surface area contributed by atoms with Crippen molar-refractivity contribution >= 4 is 9.84 Å². The number of piperidine rings is 1. The van der Waals surface area contributed by atoms with Crippen molar-refractivity contribution in [2.24, 2.45) is 0 Å². The molecule has 19 heavy (non-hydrogen) atoms. The minimum Gasteiger partial charge on any atom is -0.380 e. The summed E-state index contributed by atoms with van der Waals surface area (Å²) in [4.78, 5) is 2.37. The minimum atomic E-state index is -2.88. The van der Waals surface area contributed by atoms with E-state index < -0.39 is 9.84 Å². The lowest BCUT2D eigenvalue weighted by atomic mass is 10.1. The van der Waals surface area contributed by atoms with E-state index in [4.69, 9.17) is 4.74 Å². The first kappa shape index (κ1) is 15.2. The predicted octanol–water partition coefficient (Wildman–Crippen LogP) is 0.264. The van der Waals surface area contributed by atoms with Crippen molar-refractivity contribution in [1.29, 1.82) is 0 Å². The normalized spacial score (nSPS) is 31.6. The second kappa shape index (κ2) is 7.02. The standard InChI is InChI=1S/C13H26N2O3S/c1-2-18-9-6-14-12-10-19(16,17)11-13(12)15-7-4-3-5-8-15/h12-14H,2-11H2,1H3/t12-,13-/m1/s1. The molecule has 0 aromatic carbocycles. The van der Waals surface area contributed by atoms with Crippen LogP contribution in [-0.2, 0) is 14.6 Å². The number of rotatable bonds is 6. The van der Waals surface area contributed by atoms with Crippen LogP contribution in [0.5, 0.6) is 0 Å². The predicted molar refractivity (Wildman–Crippen MR) is 76.1 cm³/mol. The number of sulfone groups is 1. The zero-order valence-electron chi connectivity index (χ0n) is 11.8. The highest BCUT2D eigenvalue weighted by atomic mass is 32.2. The van der Waals surface area contributed by atoms with E-state index in [0.717, 1.165) is 19.6 Å². The number of hydrogen-bond donors (Lipinski definition) is 1. The van der Waals surface area contributed by atoms with Crippen LogP contribution < -0.4 is 5.32 Å². The fourth-order valence-electron chi connectivity index (χ4n) is 3.09. The van der Waals surface area contributed by atoms with Crippen molar-refractivity contribution in [1.82, 2.24) is 10.2 Å². The molecule has 2 rings (SSSR count). The zero-order valence-corrected chi connectivity index (χ0v) is 12.6. The summed E-state index contributed by atoms with van der Waals surface area (Å²) in [5.74, 6) is 0.597. The van der Waals surface area contributed by atoms with Gasteiger partial charge in [0.25, 0.3) is 0 Å². The van der Waals surface area contributed by atoms with Crippen molar-refractivity contribution in [3.63, 3.8) is 0 Å². The van der Waals surface area contributed by atoms with Crippen LogP contribution in [0, 0.1) is 0 Å². The van der Waals surface area contributed by atoms with E-state index >= 15 is 0 Å². The summed E-state index contributed by atoms with van der Waals surface area (Å²) in [7, 11) is -2.88. The highest BCUT2D eigenvalue weighted by Gasteiger charge is 2.40. The smallest absolute Gasteiger partial charge is 0.153 e. The first-order chi connectivity index (χ1) is 9.12. The van der Waals surface area contributed by atoms with E-state index in [1.807, 2.05) is 6.92 Å². The SMILES string of the molecule is CCOCCN[C@@H]1CS(=O)(=O)C[C@H]1N1CCCCC1. The number of likely N-dealkylation sites (tertiary alicyclic amines) is 1. The van der Waals surface area contributed by atoms with E-state index in [9.17, 15) is 8.42 Å². The third kappa shape index (κ3) is 4.41. The molecule has 6 heteroatoms. The van der Waals surface area contributed by atoms with Crippen molar-refractivity contribution in [2.75, 3.05) is 44.4 Å². The Balaban J connectivity index is 1.89. The van der Waals surface area contributed by atoms with Gasteiger partial charge in [0.2, 0.25) is 0 Å². The monoisotopic (exact) mass is 290 g/mol. The van der Waals surface area contributed by atoms with E-state index in [1.165, 1.54) is 19.3 Å². The lowest BCUT2D eigenvalue weighted by Gasteiger charge is -2.35. The van der Waals surface area contributed by atoms with Crippen LogP contribution >= 0.6 is 0 Å². The molecule has 5 nitrogen and oxygen atoms in total. The molecule has 0 aliphatic carbocycles. The summed E-state index contributed by atoms with van der Waals surface area (Å²) in [6.07, 6.45) is 3.67. The Bertz CT molecular complexity index is 366. The summed E-state index contributed by atoms with van der Waals surface area (Å²) in [6.45, 7) is 6.16. The molecule has 1 N–H and O–H groups in total.